The number of likely N-dealkylation sites (tertiary alicyclic amines) is 1. The molecule has 5 heteroatoms. The summed E-state index contributed by atoms with van der Waals surface area (Å²) in [6.45, 7) is 4.62. The molecular formula is C16H24FN3O. The zero-order valence-corrected chi connectivity index (χ0v) is 12.8. The number of carbonyl (C=O) groups excluding carboxylic acids is 1. The summed E-state index contributed by atoms with van der Waals surface area (Å²) in [6.07, 6.45) is 2.76. The van der Waals surface area contributed by atoms with Crippen molar-refractivity contribution >= 4 is 11.6 Å². The Labute approximate surface area is 125 Å². The molecule has 0 aromatic heterocycles. The quantitative estimate of drug-likeness (QED) is 0.876. The molecule has 0 radical (unpaired) electrons. The maximum Gasteiger partial charge on any atom is 0.253 e. The summed E-state index contributed by atoms with van der Waals surface area (Å²) in [4.78, 5) is 14.6. The maximum absolute atomic E-state index is 13.9. The van der Waals surface area contributed by atoms with Crippen LogP contribution in [0.1, 0.15) is 36.5 Å². The summed E-state index contributed by atoms with van der Waals surface area (Å²) in [5, 5.41) is 6.04. The van der Waals surface area contributed by atoms with Gasteiger partial charge < -0.3 is 15.5 Å². The predicted octanol–water partition coefficient (Wildman–Crippen LogP) is 2.47. The van der Waals surface area contributed by atoms with Crippen LogP contribution in [0.4, 0.5) is 10.1 Å². The number of amides is 1. The first-order valence-corrected chi connectivity index (χ1v) is 7.63. The van der Waals surface area contributed by atoms with Crippen LogP contribution >= 0.6 is 0 Å². The number of carbonyl (C=O) groups is 1. The molecule has 1 aliphatic rings. The minimum absolute atomic E-state index is 0.177. The number of halogens is 1. The van der Waals surface area contributed by atoms with Crippen molar-refractivity contribution in [3.8, 4) is 0 Å². The summed E-state index contributed by atoms with van der Waals surface area (Å²) in [5.41, 5.74) is 0.701. The molecule has 1 heterocycles. The lowest BCUT2D eigenvalue weighted by Gasteiger charge is -2.29. The minimum Gasteiger partial charge on any atom is -0.382 e. The van der Waals surface area contributed by atoms with E-state index in [0.29, 0.717) is 17.8 Å². The second kappa shape index (κ2) is 7.41. The number of rotatable bonds is 5. The van der Waals surface area contributed by atoms with E-state index in [2.05, 4.69) is 22.6 Å². The van der Waals surface area contributed by atoms with Crippen molar-refractivity contribution in [3.63, 3.8) is 0 Å². The first kappa shape index (κ1) is 15.8. The van der Waals surface area contributed by atoms with E-state index in [1.165, 1.54) is 6.07 Å². The van der Waals surface area contributed by atoms with E-state index < -0.39 is 0 Å². The summed E-state index contributed by atoms with van der Waals surface area (Å²) in [5.74, 6) is -0.567. The Morgan fingerprint density at radius 1 is 1.38 bits per heavy atom. The summed E-state index contributed by atoms with van der Waals surface area (Å²) >= 11 is 0. The molecule has 0 saturated carbocycles. The lowest BCUT2D eigenvalue weighted by atomic mass is 10.0. The van der Waals surface area contributed by atoms with Gasteiger partial charge in [-0.25, -0.2) is 4.39 Å². The molecule has 1 fully saturated rings. The van der Waals surface area contributed by atoms with Gasteiger partial charge in [0, 0.05) is 12.6 Å². The van der Waals surface area contributed by atoms with Gasteiger partial charge >= 0.3 is 0 Å². The highest BCUT2D eigenvalue weighted by atomic mass is 19.1. The van der Waals surface area contributed by atoms with E-state index in [4.69, 9.17) is 0 Å². The van der Waals surface area contributed by atoms with Crippen LogP contribution in [0.25, 0.3) is 0 Å². The third-order valence-electron chi connectivity index (χ3n) is 3.86. The highest BCUT2D eigenvalue weighted by Gasteiger charge is 2.21. The number of piperidine rings is 1. The Kier molecular flexibility index (Phi) is 5.56. The molecule has 0 bridgehead atoms. The fraction of sp³-hybridized carbons (Fsp3) is 0.562. The molecule has 2 rings (SSSR count). The molecule has 1 aromatic rings. The fourth-order valence-electron chi connectivity index (χ4n) is 2.56. The SMILES string of the molecule is CCCNc1c(F)cccc1C(=O)NC1CCN(C)CC1. The third-order valence-corrected chi connectivity index (χ3v) is 3.86. The lowest BCUT2D eigenvalue weighted by Crippen LogP contribution is -2.43. The van der Waals surface area contributed by atoms with Crippen molar-refractivity contribution in [2.24, 2.45) is 0 Å². The molecular weight excluding hydrogens is 269 g/mol. The van der Waals surface area contributed by atoms with Crippen LogP contribution < -0.4 is 10.6 Å². The molecule has 1 amide bonds. The van der Waals surface area contributed by atoms with Gasteiger partial charge in [0.2, 0.25) is 0 Å². The molecule has 0 atom stereocenters. The Morgan fingerprint density at radius 2 is 2.10 bits per heavy atom. The van der Waals surface area contributed by atoms with Crippen LogP contribution in [0.3, 0.4) is 0 Å². The molecule has 1 aromatic carbocycles. The molecule has 0 aliphatic carbocycles. The van der Waals surface area contributed by atoms with Crippen LogP contribution in [0.2, 0.25) is 0 Å². The average Bonchev–Trinajstić information content (AvgIpc) is 2.48. The molecule has 1 aliphatic heterocycles. The van der Waals surface area contributed by atoms with Gasteiger partial charge in [-0.15, -0.1) is 0 Å². The van der Waals surface area contributed by atoms with Gasteiger partial charge in [-0.05, 0) is 51.5 Å². The molecule has 1 saturated heterocycles. The minimum atomic E-state index is -0.375. The first-order valence-electron chi connectivity index (χ1n) is 7.63. The second-order valence-corrected chi connectivity index (χ2v) is 5.64. The molecule has 21 heavy (non-hydrogen) atoms. The maximum atomic E-state index is 13.9. The summed E-state index contributed by atoms with van der Waals surface area (Å²) in [6, 6.07) is 4.81. The van der Waals surface area contributed by atoms with Crippen molar-refractivity contribution < 1.29 is 9.18 Å². The Hall–Kier alpha value is -1.62. The largest absolute Gasteiger partial charge is 0.382 e. The smallest absolute Gasteiger partial charge is 0.253 e. The van der Waals surface area contributed by atoms with E-state index in [0.717, 1.165) is 32.4 Å². The normalized spacial score (nSPS) is 16.7. The zero-order chi connectivity index (χ0) is 15.2. The first-order chi connectivity index (χ1) is 10.1. The van der Waals surface area contributed by atoms with E-state index in [1.54, 1.807) is 12.1 Å². The standard InChI is InChI=1S/C16H24FN3O/c1-3-9-18-15-13(5-4-6-14(15)17)16(21)19-12-7-10-20(2)11-8-12/h4-6,12,18H,3,7-11H2,1-2H3,(H,19,21). The van der Waals surface area contributed by atoms with Crippen molar-refractivity contribution in [2.45, 2.75) is 32.2 Å². The fourth-order valence-corrected chi connectivity index (χ4v) is 2.56. The summed E-state index contributed by atoms with van der Waals surface area (Å²) in [7, 11) is 2.08. The molecule has 4 nitrogen and oxygen atoms in total. The molecule has 0 spiro atoms. The molecule has 0 unspecified atom stereocenters. The Morgan fingerprint density at radius 3 is 2.76 bits per heavy atom. The van der Waals surface area contributed by atoms with Crippen molar-refractivity contribution in [2.75, 3.05) is 32.0 Å². The zero-order valence-electron chi connectivity index (χ0n) is 12.8. The van der Waals surface area contributed by atoms with E-state index in [1.807, 2.05) is 6.92 Å². The van der Waals surface area contributed by atoms with E-state index in [9.17, 15) is 9.18 Å². The highest BCUT2D eigenvalue weighted by Crippen LogP contribution is 2.20. The van der Waals surface area contributed by atoms with Gasteiger partial charge in [0.05, 0.1) is 11.3 Å². The number of hydrogen-bond donors (Lipinski definition) is 2. The van der Waals surface area contributed by atoms with Crippen molar-refractivity contribution in [1.29, 1.82) is 0 Å². The number of hydrogen-bond acceptors (Lipinski definition) is 3. The topological polar surface area (TPSA) is 44.4 Å². The number of nitrogens with one attached hydrogen (secondary N) is 2. The monoisotopic (exact) mass is 293 g/mol. The van der Waals surface area contributed by atoms with Gasteiger partial charge in [0.25, 0.3) is 5.91 Å². The molecule has 116 valence electrons. The number of para-hydroxylation sites is 1. The summed E-state index contributed by atoms with van der Waals surface area (Å²) < 4.78 is 13.9. The van der Waals surface area contributed by atoms with Crippen LogP contribution in [0.15, 0.2) is 18.2 Å². The number of benzene rings is 1. The van der Waals surface area contributed by atoms with Gasteiger partial charge in [-0.2, -0.15) is 0 Å². The van der Waals surface area contributed by atoms with Crippen LogP contribution in [-0.4, -0.2) is 43.5 Å². The van der Waals surface area contributed by atoms with Crippen LogP contribution in [0, 0.1) is 5.82 Å². The van der Waals surface area contributed by atoms with Gasteiger partial charge in [0.15, 0.2) is 0 Å². The Balaban J connectivity index is 2.06. The number of anilines is 1. The van der Waals surface area contributed by atoms with Gasteiger partial charge in [0.1, 0.15) is 5.82 Å². The lowest BCUT2D eigenvalue weighted by molar-refractivity contribution is 0.0917. The van der Waals surface area contributed by atoms with E-state index in [-0.39, 0.29) is 17.8 Å². The van der Waals surface area contributed by atoms with Gasteiger partial charge in [-0.1, -0.05) is 13.0 Å². The third kappa shape index (κ3) is 4.17. The van der Waals surface area contributed by atoms with E-state index >= 15 is 0 Å². The van der Waals surface area contributed by atoms with Crippen LogP contribution in [-0.2, 0) is 0 Å². The average molecular weight is 293 g/mol. The van der Waals surface area contributed by atoms with Gasteiger partial charge in [-0.3, -0.25) is 4.79 Å². The second-order valence-electron chi connectivity index (χ2n) is 5.64. The van der Waals surface area contributed by atoms with Crippen molar-refractivity contribution in [1.82, 2.24) is 10.2 Å². The van der Waals surface area contributed by atoms with Crippen LogP contribution in [0.5, 0.6) is 0 Å². The molecule has 2 N–H and O–H groups in total. The Bertz CT molecular complexity index is 484. The highest BCUT2D eigenvalue weighted by molar-refractivity contribution is 5.99. The number of nitrogens with zero attached hydrogens (tertiary/aromatic N) is 1. The van der Waals surface area contributed by atoms with Crippen molar-refractivity contribution in [3.05, 3.63) is 29.6 Å². The predicted molar refractivity (Wildman–Crippen MR) is 83.2 cm³/mol.